The Morgan fingerprint density at radius 1 is 0.963 bits per heavy atom. The summed E-state index contributed by atoms with van der Waals surface area (Å²) in [4.78, 5) is 15.0. The van der Waals surface area contributed by atoms with Gasteiger partial charge in [-0.25, -0.2) is 0 Å². The van der Waals surface area contributed by atoms with Gasteiger partial charge in [0.25, 0.3) is 5.91 Å². The number of carbonyl (C=O) groups excluding carboxylic acids is 1. The van der Waals surface area contributed by atoms with Gasteiger partial charge in [0.05, 0.1) is 4.91 Å². The molecular formula is C22H32N2OS2. The standard InChI is InChI=1S/C22H32N2OS2/c1-3-5-7-9-15-24(16-10-8-6-4-2)19-13-11-18(12-14-19)17-20-21(25)23-22(26)27-20/h11-14,17H,3-10,15-16H2,1-2H3,(H,23,25,26). The predicted molar refractivity (Wildman–Crippen MR) is 123 cm³/mol. The van der Waals surface area contributed by atoms with E-state index in [0.29, 0.717) is 9.23 Å². The second-order valence-corrected chi connectivity index (χ2v) is 8.77. The van der Waals surface area contributed by atoms with Gasteiger partial charge in [0, 0.05) is 18.8 Å². The van der Waals surface area contributed by atoms with Crippen molar-refractivity contribution in [3.8, 4) is 0 Å². The van der Waals surface area contributed by atoms with E-state index < -0.39 is 0 Å². The molecule has 0 aromatic heterocycles. The van der Waals surface area contributed by atoms with Crippen LogP contribution in [0.1, 0.15) is 70.8 Å². The smallest absolute Gasteiger partial charge is 0.263 e. The average Bonchev–Trinajstić information content (AvgIpc) is 2.98. The van der Waals surface area contributed by atoms with E-state index in [1.54, 1.807) is 0 Å². The van der Waals surface area contributed by atoms with Crippen molar-refractivity contribution in [1.29, 1.82) is 0 Å². The van der Waals surface area contributed by atoms with Crippen LogP contribution in [0.3, 0.4) is 0 Å². The van der Waals surface area contributed by atoms with Crippen molar-refractivity contribution >= 4 is 46.0 Å². The van der Waals surface area contributed by atoms with E-state index in [1.165, 1.54) is 68.8 Å². The third kappa shape index (κ3) is 7.67. The Hall–Kier alpha value is -1.33. The third-order valence-corrected chi connectivity index (χ3v) is 5.92. The lowest BCUT2D eigenvalue weighted by Crippen LogP contribution is -2.25. The number of nitrogens with one attached hydrogen (secondary N) is 1. The summed E-state index contributed by atoms with van der Waals surface area (Å²) in [6.07, 6.45) is 12.2. The van der Waals surface area contributed by atoms with Crippen LogP contribution in [0.2, 0.25) is 0 Å². The Balaban J connectivity index is 1.99. The van der Waals surface area contributed by atoms with Gasteiger partial charge in [-0.05, 0) is 36.6 Å². The van der Waals surface area contributed by atoms with E-state index in [9.17, 15) is 4.79 Å². The lowest BCUT2D eigenvalue weighted by molar-refractivity contribution is -0.115. The number of rotatable bonds is 12. The van der Waals surface area contributed by atoms with E-state index in [2.05, 4.69) is 48.3 Å². The van der Waals surface area contributed by atoms with Crippen LogP contribution < -0.4 is 10.2 Å². The summed E-state index contributed by atoms with van der Waals surface area (Å²) in [5, 5.41) is 2.66. The first-order valence-electron chi connectivity index (χ1n) is 10.2. The summed E-state index contributed by atoms with van der Waals surface area (Å²) in [7, 11) is 0. The van der Waals surface area contributed by atoms with Crippen molar-refractivity contribution < 1.29 is 4.79 Å². The molecule has 1 aromatic rings. The van der Waals surface area contributed by atoms with Gasteiger partial charge in [-0.2, -0.15) is 0 Å². The van der Waals surface area contributed by atoms with Crippen LogP contribution in [0.15, 0.2) is 29.2 Å². The molecule has 1 N–H and O–H groups in total. The van der Waals surface area contributed by atoms with E-state index in [1.807, 2.05) is 6.08 Å². The normalized spacial score (nSPS) is 15.4. The van der Waals surface area contributed by atoms with Crippen molar-refractivity contribution in [2.24, 2.45) is 0 Å². The molecule has 1 heterocycles. The van der Waals surface area contributed by atoms with Gasteiger partial charge in [0.2, 0.25) is 0 Å². The van der Waals surface area contributed by atoms with Gasteiger partial charge in [0.1, 0.15) is 4.32 Å². The topological polar surface area (TPSA) is 32.3 Å². The van der Waals surface area contributed by atoms with E-state index >= 15 is 0 Å². The minimum atomic E-state index is -0.0949. The Kier molecular flexibility index (Phi) is 9.92. The van der Waals surface area contributed by atoms with Crippen LogP contribution in [-0.4, -0.2) is 23.3 Å². The number of thioether (sulfide) groups is 1. The van der Waals surface area contributed by atoms with Gasteiger partial charge in [-0.3, -0.25) is 4.79 Å². The van der Waals surface area contributed by atoms with Crippen LogP contribution >= 0.6 is 24.0 Å². The highest BCUT2D eigenvalue weighted by molar-refractivity contribution is 8.26. The predicted octanol–water partition coefficient (Wildman–Crippen LogP) is 6.14. The summed E-state index contributed by atoms with van der Waals surface area (Å²) in [5.74, 6) is -0.0949. The summed E-state index contributed by atoms with van der Waals surface area (Å²) >= 11 is 6.38. The number of hydrogen-bond acceptors (Lipinski definition) is 4. The highest BCUT2D eigenvalue weighted by Crippen LogP contribution is 2.26. The van der Waals surface area contributed by atoms with Crippen molar-refractivity contribution in [3.63, 3.8) is 0 Å². The SMILES string of the molecule is CCCCCCN(CCCCCC)c1ccc(C=C2SC(=S)NC2=O)cc1. The number of anilines is 1. The fourth-order valence-electron chi connectivity index (χ4n) is 3.18. The summed E-state index contributed by atoms with van der Waals surface area (Å²) < 4.78 is 0.535. The number of amides is 1. The molecule has 0 aliphatic carbocycles. The zero-order chi connectivity index (χ0) is 19.5. The summed E-state index contributed by atoms with van der Waals surface area (Å²) in [5.41, 5.74) is 2.32. The maximum Gasteiger partial charge on any atom is 0.263 e. The minimum Gasteiger partial charge on any atom is -0.372 e. The second kappa shape index (κ2) is 12.2. The van der Waals surface area contributed by atoms with Gasteiger partial charge < -0.3 is 10.2 Å². The van der Waals surface area contributed by atoms with Crippen LogP contribution in [-0.2, 0) is 4.79 Å². The zero-order valence-electron chi connectivity index (χ0n) is 16.6. The van der Waals surface area contributed by atoms with Crippen LogP contribution in [0.4, 0.5) is 5.69 Å². The molecule has 1 aromatic carbocycles. The van der Waals surface area contributed by atoms with Gasteiger partial charge in [0.15, 0.2) is 0 Å². The highest BCUT2D eigenvalue weighted by Gasteiger charge is 2.21. The van der Waals surface area contributed by atoms with Crippen molar-refractivity contribution in [3.05, 3.63) is 34.7 Å². The number of unbranched alkanes of at least 4 members (excludes halogenated alkanes) is 6. The Bertz CT molecular complexity index is 628. The number of nitrogens with zero attached hydrogens (tertiary/aromatic N) is 1. The summed E-state index contributed by atoms with van der Waals surface area (Å²) in [6.45, 7) is 6.76. The zero-order valence-corrected chi connectivity index (χ0v) is 18.3. The first-order chi connectivity index (χ1) is 13.1. The molecule has 1 aliphatic rings. The second-order valence-electron chi connectivity index (χ2n) is 7.05. The minimum absolute atomic E-state index is 0.0949. The van der Waals surface area contributed by atoms with Gasteiger partial charge in [-0.1, -0.05) is 88.5 Å². The maximum absolute atomic E-state index is 11.8. The van der Waals surface area contributed by atoms with E-state index in [-0.39, 0.29) is 5.91 Å². The molecule has 1 aliphatic heterocycles. The van der Waals surface area contributed by atoms with Gasteiger partial charge >= 0.3 is 0 Å². The lowest BCUT2D eigenvalue weighted by Gasteiger charge is -2.25. The number of thiocarbonyl (C=S) groups is 1. The molecule has 0 bridgehead atoms. The first-order valence-corrected chi connectivity index (χ1v) is 11.5. The molecule has 1 fully saturated rings. The van der Waals surface area contributed by atoms with Crippen molar-refractivity contribution in [2.45, 2.75) is 65.2 Å². The molecule has 148 valence electrons. The average molecular weight is 405 g/mol. The Labute approximate surface area is 174 Å². The van der Waals surface area contributed by atoms with Crippen LogP contribution in [0.5, 0.6) is 0 Å². The molecule has 1 saturated heterocycles. The quantitative estimate of drug-likeness (QED) is 0.257. The van der Waals surface area contributed by atoms with Gasteiger partial charge in [-0.15, -0.1) is 0 Å². The van der Waals surface area contributed by atoms with Crippen molar-refractivity contribution in [2.75, 3.05) is 18.0 Å². The monoisotopic (exact) mass is 404 g/mol. The van der Waals surface area contributed by atoms with Crippen molar-refractivity contribution in [1.82, 2.24) is 5.32 Å². The third-order valence-electron chi connectivity index (χ3n) is 4.76. The summed E-state index contributed by atoms with van der Waals surface area (Å²) in [6, 6.07) is 8.56. The first kappa shape index (κ1) is 22.0. The van der Waals surface area contributed by atoms with E-state index in [4.69, 9.17) is 12.2 Å². The largest absolute Gasteiger partial charge is 0.372 e. The fraction of sp³-hybridized carbons (Fsp3) is 0.545. The number of benzene rings is 1. The molecular weight excluding hydrogens is 372 g/mol. The highest BCUT2D eigenvalue weighted by atomic mass is 32.2. The molecule has 5 heteroatoms. The Morgan fingerprint density at radius 3 is 2.04 bits per heavy atom. The molecule has 0 unspecified atom stereocenters. The van der Waals surface area contributed by atoms with E-state index in [0.717, 1.165) is 18.7 Å². The number of carbonyl (C=O) groups is 1. The molecule has 2 rings (SSSR count). The number of hydrogen-bond donors (Lipinski definition) is 1. The molecule has 3 nitrogen and oxygen atoms in total. The molecule has 0 saturated carbocycles. The molecule has 1 amide bonds. The lowest BCUT2D eigenvalue weighted by atomic mass is 10.1. The van der Waals surface area contributed by atoms with Crippen LogP contribution in [0, 0.1) is 0 Å². The molecule has 0 radical (unpaired) electrons. The van der Waals surface area contributed by atoms with Crippen LogP contribution in [0.25, 0.3) is 6.08 Å². The molecule has 27 heavy (non-hydrogen) atoms. The molecule has 0 spiro atoms. The molecule has 0 atom stereocenters. The Morgan fingerprint density at radius 2 is 1.56 bits per heavy atom. The maximum atomic E-state index is 11.8. The fourth-order valence-corrected chi connectivity index (χ4v) is 4.23.